The Labute approximate surface area is 175 Å². The predicted molar refractivity (Wildman–Crippen MR) is 114 cm³/mol. The number of methoxy groups -OCH3 is 3. The van der Waals surface area contributed by atoms with Crippen molar-refractivity contribution >= 4 is 11.5 Å². The van der Waals surface area contributed by atoms with E-state index >= 15 is 0 Å². The first-order valence-corrected chi connectivity index (χ1v) is 9.67. The van der Waals surface area contributed by atoms with Crippen molar-refractivity contribution in [3.8, 4) is 28.4 Å². The molecular formula is C23H27NO6. The number of hydrogen-bond donors (Lipinski definition) is 1. The molecule has 0 radical (unpaired) electrons. The van der Waals surface area contributed by atoms with Crippen LogP contribution in [0, 0.1) is 6.92 Å². The number of ether oxygens (including phenoxy) is 4. The maximum absolute atomic E-state index is 12.4. The first-order chi connectivity index (χ1) is 14.4. The van der Waals surface area contributed by atoms with Crippen LogP contribution in [0.3, 0.4) is 0 Å². The molecule has 3 rings (SSSR count). The van der Waals surface area contributed by atoms with Gasteiger partial charge in [-0.2, -0.15) is 0 Å². The summed E-state index contributed by atoms with van der Waals surface area (Å²) in [6.45, 7) is 5.54. The Morgan fingerprint density at radius 2 is 1.67 bits per heavy atom. The molecule has 1 N–H and O–H groups in total. The van der Waals surface area contributed by atoms with Crippen molar-refractivity contribution in [2.45, 2.75) is 26.9 Å². The number of pyridine rings is 1. The summed E-state index contributed by atoms with van der Waals surface area (Å²) in [4.78, 5) is 12.4. The van der Waals surface area contributed by atoms with E-state index in [1.807, 2.05) is 35.7 Å². The Balaban J connectivity index is 2.25. The fourth-order valence-corrected chi connectivity index (χ4v) is 3.72. The van der Waals surface area contributed by atoms with Gasteiger partial charge in [-0.3, -0.25) is 0 Å². The highest BCUT2D eigenvalue weighted by atomic mass is 16.5. The van der Waals surface area contributed by atoms with Crippen molar-refractivity contribution in [1.82, 2.24) is 4.40 Å². The topological polar surface area (TPSA) is 78.6 Å². The summed E-state index contributed by atoms with van der Waals surface area (Å²) < 4.78 is 23.4. The summed E-state index contributed by atoms with van der Waals surface area (Å²) in [7, 11) is 4.69. The summed E-state index contributed by atoms with van der Waals surface area (Å²) >= 11 is 0. The molecule has 0 bridgehead atoms. The standard InChI is InChI=1S/C23H27NO6/c1-7-30-23(26)18-11-17-8-16(12-24(17)21(13(18)2)14(3)25)15-9-19(27-4)22(29-6)20(10-15)28-5/h8-12,14,25H,7H2,1-6H3. The largest absolute Gasteiger partial charge is 0.493 e. The molecule has 30 heavy (non-hydrogen) atoms. The van der Waals surface area contributed by atoms with Gasteiger partial charge in [-0.15, -0.1) is 0 Å². The molecule has 7 nitrogen and oxygen atoms in total. The third-order valence-corrected chi connectivity index (χ3v) is 5.08. The molecule has 0 saturated carbocycles. The Bertz CT molecular complexity index is 1060. The maximum Gasteiger partial charge on any atom is 0.338 e. The van der Waals surface area contributed by atoms with Crippen molar-refractivity contribution in [3.63, 3.8) is 0 Å². The minimum absolute atomic E-state index is 0.283. The Morgan fingerprint density at radius 3 is 2.17 bits per heavy atom. The number of aromatic nitrogens is 1. The first-order valence-electron chi connectivity index (χ1n) is 9.67. The maximum atomic E-state index is 12.4. The van der Waals surface area contributed by atoms with Crippen LogP contribution in [-0.2, 0) is 4.74 Å². The van der Waals surface area contributed by atoms with Crippen molar-refractivity contribution < 1.29 is 28.8 Å². The van der Waals surface area contributed by atoms with Gasteiger partial charge in [0.1, 0.15) is 0 Å². The molecule has 1 unspecified atom stereocenters. The lowest BCUT2D eigenvalue weighted by Crippen LogP contribution is -2.12. The number of benzene rings is 1. The van der Waals surface area contributed by atoms with Gasteiger partial charge in [0.25, 0.3) is 0 Å². The second kappa shape index (κ2) is 8.67. The Hall–Kier alpha value is -3.19. The quantitative estimate of drug-likeness (QED) is 0.586. The number of carbonyl (C=O) groups is 1. The highest BCUT2D eigenvalue weighted by molar-refractivity contribution is 5.93. The number of fused-ring (bicyclic) bond motifs is 1. The van der Waals surface area contributed by atoms with E-state index in [1.54, 1.807) is 41.2 Å². The molecule has 3 aromatic rings. The van der Waals surface area contributed by atoms with Crippen LogP contribution in [0.4, 0.5) is 0 Å². The summed E-state index contributed by atoms with van der Waals surface area (Å²) in [6.07, 6.45) is 1.14. The Morgan fingerprint density at radius 1 is 1.03 bits per heavy atom. The molecule has 1 aromatic carbocycles. The molecular weight excluding hydrogens is 386 g/mol. The minimum atomic E-state index is -0.776. The lowest BCUT2D eigenvalue weighted by molar-refractivity contribution is 0.0525. The first kappa shape index (κ1) is 21.5. The van der Waals surface area contributed by atoms with Crippen molar-refractivity contribution in [2.24, 2.45) is 0 Å². The zero-order valence-electron chi connectivity index (χ0n) is 18.1. The molecule has 0 fully saturated rings. The van der Waals surface area contributed by atoms with Gasteiger partial charge in [-0.25, -0.2) is 4.79 Å². The van der Waals surface area contributed by atoms with Crippen LogP contribution in [0.5, 0.6) is 17.2 Å². The zero-order chi connectivity index (χ0) is 22.0. The van der Waals surface area contributed by atoms with Crippen molar-refractivity contribution in [2.75, 3.05) is 27.9 Å². The molecule has 2 heterocycles. The van der Waals surface area contributed by atoms with Crippen LogP contribution in [0.1, 0.15) is 41.6 Å². The number of rotatable bonds is 7. The lowest BCUT2D eigenvalue weighted by atomic mass is 10.0. The minimum Gasteiger partial charge on any atom is -0.493 e. The Kier molecular flexibility index (Phi) is 6.22. The van der Waals surface area contributed by atoms with E-state index in [0.717, 1.165) is 16.6 Å². The van der Waals surface area contributed by atoms with Crippen LogP contribution < -0.4 is 14.2 Å². The highest BCUT2D eigenvalue weighted by Crippen LogP contribution is 2.42. The SMILES string of the molecule is CCOC(=O)c1cc2cc(-c3cc(OC)c(OC)c(OC)c3)cn2c(C(C)O)c1C. The molecule has 0 saturated heterocycles. The van der Waals surface area contributed by atoms with Crippen LogP contribution in [0.25, 0.3) is 16.6 Å². The molecule has 0 amide bonds. The summed E-state index contributed by atoms with van der Waals surface area (Å²) in [5.41, 5.74) is 4.24. The van der Waals surface area contributed by atoms with Gasteiger partial charge < -0.3 is 28.5 Å². The van der Waals surface area contributed by atoms with Crippen molar-refractivity contribution in [1.29, 1.82) is 0 Å². The van der Waals surface area contributed by atoms with E-state index in [0.29, 0.717) is 34.1 Å². The third-order valence-electron chi connectivity index (χ3n) is 5.08. The van der Waals surface area contributed by atoms with Crippen LogP contribution in [0.15, 0.2) is 30.5 Å². The fraction of sp³-hybridized carbons (Fsp3) is 0.348. The van der Waals surface area contributed by atoms with Crippen molar-refractivity contribution in [3.05, 3.63) is 47.3 Å². The van der Waals surface area contributed by atoms with E-state index in [2.05, 4.69) is 0 Å². The zero-order valence-corrected chi connectivity index (χ0v) is 18.1. The summed E-state index contributed by atoms with van der Waals surface area (Å²) in [5, 5.41) is 10.4. The second-order valence-electron chi connectivity index (χ2n) is 6.90. The van der Waals surface area contributed by atoms with E-state index in [4.69, 9.17) is 18.9 Å². The highest BCUT2D eigenvalue weighted by Gasteiger charge is 2.21. The average molecular weight is 413 g/mol. The number of hydrogen-bond acceptors (Lipinski definition) is 6. The van der Waals surface area contributed by atoms with Gasteiger partial charge in [-0.1, -0.05) is 0 Å². The lowest BCUT2D eigenvalue weighted by Gasteiger charge is -2.16. The smallest absolute Gasteiger partial charge is 0.338 e. The number of aliphatic hydroxyl groups excluding tert-OH is 1. The fourth-order valence-electron chi connectivity index (χ4n) is 3.72. The van der Waals surface area contributed by atoms with Gasteiger partial charge in [0, 0.05) is 17.3 Å². The molecule has 7 heteroatoms. The number of aliphatic hydroxyl groups is 1. The van der Waals surface area contributed by atoms with Crippen LogP contribution in [-0.4, -0.2) is 43.4 Å². The molecule has 160 valence electrons. The van der Waals surface area contributed by atoms with Gasteiger partial charge in [0.05, 0.1) is 45.3 Å². The molecule has 0 aliphatic carbocycles. The number of nitrogens with zero attached hydrogens (tertiary/aromatic N) is 1. The monoisotopic (exact) mass is 413 g/mol. The normalized spacial score (nSPS) is 12.0. The van der Waals surface area contributed by atoms with E-state index in [9.17, 15) is 9.90 Å². The molecule has 1 atom stereocenters. The number of esters is 1. The van der Waals surface area contributed by atoms with E-state index in [-0.39, 0.29) is 6.61 Å². The second-order valence-corrected chi connectivity index (χ2v) is 6.90. The third kappa shape index (κ3) is 3.68. The molecule has 2 aromatic heterocycles. The van der Waals surface area contributed by atoms with Gasteiger partial charge in [0.15, 0.2) is 11.5 Å². The van der Waals surface area contributed by atoms with Gasteiger partial charge >= 0.3 is 5.97 Å². The van der Waals surface area contributed by atoms with E-state index in [1.165, 1.54) is 0 Å². The predicted octanol–water partition coefficient (Wildman–Crippen LogP) is 4.17. The molecule has 0 spiro atoms. The summed E-state index contributed by atoms with van der Waals surface area (Å²) in [5.74, 6) is 1.19. The van der Waals surface area contributed by atoms with Crippen LogP contribution >= 0.6 is 0 Å². The summed E-state index contributed by atoms with van der Waals surface area (Å²) in [6, 6.07) is 7.43. The van der Waals surface area contributed by atoms with E-state index < -0.39 is 12.1 Å². The van der Waals surface area contributed by atoms with Crippen LogP contribution in [0.2, 0.25) is 0 Å². The average Bonchev–Trinajstić information content (AvgIpc) is 3.15. The van der Waals surface area contributed by atoms with Gasteiger partial charge in [0.2, 0.25) is 5.75 Å². The number of carbonyl (C=O) groups excluding carboxylic acids is 1. The molecule has 0 aliphatic heterocycles. The van der Waals surface area contributed by atoms with Gasteiger partial charge in [-0.05, 0) is 56.2 Å². The molecule has 0 aliphatic rings.